The molecule has 1 aromatic carbocycles. The summed E-state index contributed by atoms with van der Waals surface area (Å²) in [6, 6.07) is 8.15. The first-order valence-electron chi connectivity index (χ1n) is 7.50. The molecule has 0 aliphatic rings. The molecule has 0 radical (unpaired) electrons. The zero-order valence-corrected chi connectivity index (χ0v) is 13.6. The maximum Gasteiger partial charge on any atom is 0.322 e. The number of carbonyl (C=O) groups is 2. The first-order chi connectivity index (χ1) is 12.5. The number of hydrogen-bond donors (Lipinski definition) is 4. The van der Waals surface area contributed by atoms with E-state index >= 15 is 0 Å². The van der Waals surface area contributed by atoms with Crippen molar-refractivity contribution in [2.75, 3.05) is 13.2 Å². The molecule has 0 saturated heterocycles. The largest absolute Gasteiger partial charge is 0.505 e. The SMILES string of the molecule is O=C(O)CNC(=O)c1ncc(C#CCOc2ccc(CO)cc2)cc1O. The first kappa shape index (κ1) is 18.8. The highest BCUT2D eigenvalue weighted by Crippen LogP contribution is 2.15. The minimum atomic E-state index is -1.20. The topological polar surface area (TPSA) is 129 Å². The van der Waals surface area contributed by atoms with Crippen LogP contribution in [-0.2, 0) is 11.4 Å². The van der Waals surface area contributed by atoms with Gasteiger partial charge in [-0.05, 0) is 23.8 Å². The molecular weight excluding hydrogens is 340 g/mol. The summed E-state index contributed by atoms with van der Waals surface area (Å²) in [4.78, 5) is 25.9. The van der Waals surface area contributed by atoms with Gasteiger partial charge in [-0.2, -0.15) is 0 Å². The van der Waals surface area contributed by atoms with Crippen LogP contribution in [0, 0.1) is 11.8 Å². The van der Waals surface area contributed by atoms with Crippen molar-refractivity contribution in [2.24, 2.45) is 0 Å². The summed E-state index contributed by atoms with van der Waals surface area (Å²) >= 11 is 0. The highest BCUT2D eigenvalue weighted by atomic mass is 16.5. The van der Waals surface area contributed by atoms with E-state index in [9.17, 15) is 14.7 Å². The number of nitrogens with one attached hydrogen (secondary N) is 1. The monoisotopic (exact) mass is 356 g/mol. The molecule has 0 aliphatic carbocycles. The lowest BCUT2D eigenvalue weighted by atomic mass is 10.2. The highest BCUT2D eigenvalue weighted by molar-refractivity contribution is 5.96. The van der Waals surface area contributed by atoms with Crippen LogP contribution in [0.5, 0.6) is 11.5 Å². The number of aromatic nitrogens is 1. The van der Waals surface area contributed by atoms with Crippen LogP contribution >= 0.6 is 0 Å². The number of aliphatic carboxylic acids is 1. The van der Waals surface area contributed by atoms with Gasteiger partial charge in [0.05, 0.1) is 6.61 Å². The normalized spacial score (nSPS) is 9.73. The Kier molecular flexibility index (Phi) is 6.53. The number of aromatic hydroxyl groups is 1. The molecule has 134 valence electrons. The van der Waals surface area contributed by atoms with Gasteiger partial charge in [0.15, 0.2) is 5.69 Å². The van der Waals surface area contributed by atoms with Crippen molar-refractivity contribution in [1.82, 2.24) is 10.3 Å². The lowest BCUT2D eigenvalue weighted by molar-refractivity contribution is -0.135. The summed E-state index contributed by atoms with van der Waals surface area (Å²) in [5, 5.41) is 29.4. The molecule has 0 atom stereocenters. The Morgan fingerprint density at radius 1 is 1.23 bits per heavy atom. The van der Waals surface area contributed by atoms with E-state index in [4.69, 9.17) is 14.9 Å². The third kappa shape index (κ3) is 5.51. The number of rotatable bonds is 6. The fraction of sp³-hybridized carbons (Fsp3) is 0.167. The predicted octanol–water partition coefficient (Wildman–Crippen LogP) is 0.524. The molecular formula is C18H16N2O6. The number of nitrogens with zero attached hydrogens (tertiary/aromatic N) is 1. The molecule has 2 aromatic rings. The van der Waals surface area contributed by atoms with Gasteiger partial charge in [-0.1, -0.05) is 24.0 Å². The van der Waals surface area contributed by atoms with Crippen LogP contribution in [0.3, 0.4) is 0 Å². The summed E-state index contributed by atoms with van der Waals surface area (Å²) in [6.07, 6.45) is 1.29. The Morgan fingerprint density at radius 3 is 2.58 bits per heavy atom. The molecule has 8 nitrogen and oxygen atoms in total. The molecule has 4 N–H and O–H groups in total. The Hall–Kier alpha value is -3.57. The van der Waals surface area contributed by atoms with E-state index in [2.05, 4.69) is 22.1 Å². The number of aliphatic hydroxyl groups is 1. The van der Waals surface area contributed by atoms with Crippen molar-refractivity contribution < 1.29 is 29.6 Å². The van der Waals surface area contributed by atoms with Crippen molar-refractivity contribution in [1.29, 1.82) is 0 Å². The van der Waals surface area contributed by atoms with Crippen LogP contribution in [0.2, 0.25) is 0 Å². The van der Waals surface area contributed by atoms with Gasteiger partial charge in [0, 0.05) is 11.8 Å². The van der Waals surface area contributed by atoms with Gasteiger partial charge in [-0.3, -0.25) is 9.59 Å². The van der Waals surface area contributed by atoms with E-state index in [0.717, 1.165) is 5.56 Å². The van der Waals surface area contributed by atoms with Gasteiger partial charge < -0.3 is 25.4 Å². The van der Waals surface area contributed by atoms with Crippen molar-refractivity contribution in [3.8, 4) is 23.3 Å². The number of amides is 1. The summed E-state index contributed by atoms with van der Waals surface area (Å²) in [5.74, 6) is 3.68. The lowest BCUT2D eigenvalue weighted by Gasteiger charge is -2.04. The molecule has 0 spiro atoms. The van der Waals surface area contributed by atoms with Crippen LogP contribution < -0.4 is 10.1 Å². The van der Waals surface area contributed by atoms with E-state index < -0.39 is 24.2 Å². The average molecular weight is 356 g/mol. The first-order valence-corrected chi connectivity index (χ1v) is 7.50. The number of carboxylic acids is 1. The standard InChI is InChI=1S/C18H16N2O6/c21-11-12-3-5-14(6-4-12)26-7-1-2-13-8-15(22)17(19-9-13)18(25)20-10-16(23)24/h3-6,8-9,21-22H,7,10-11H2,(H,20,25)(H,23,24). The minimum Gasteiger partial charge on any atom is -0.505 e. The number of ether oxygens (including phenoxy) is 1. The number of hydrogen-bond acceptors (Lipinski definition) is 6. The molecule has 1 aromatic heterocycles. The van der Waals surface area contributed by atoms with Gasteiger partial charge in [-0.25, -0.2) is 4.98 Å². The Morgan fingerprint density at radius 2 is 1.96 bits per heavy atom. The Bertz CT molecular complexity index is 852. The number of aliphatic hydroxyl groups excluding tert-OH is 1. The fourth-order valence-corrected chi connectivity index (χ4v) is 1.88. The van der Waals surface area contributed by atoms with Gasteiger partial charge in [0.25, 0.3) is 5.91 Å². The van der Waals surface area contributed by atoms with Crippen LogP contribution in [-0.4, -0.2) is 45.3 Å². The zero-order chi connectivity index (χ0) is 18.9. The number of carbonyl (C=O) groups excluding carboxylic acids is 1. The Balaban J connectivity index is 1.93. The predicted molar refractivity (Wildman–Crippen MR) is 90.6 cm³/mol. The number of benzene rings is 1. The molecule has 1 heterocycles. The van der Waals surface area contributed by atoms with Gasteiger partial charge in [0.1, 0.15) is 24.7 Å². The van der Waals surface area contributed by atoms with Gasteiger partial charge in [0.2, 0.25) is 0 Å². The van der Waals surface area contributed by atoms with Crippen LogP contribution in [0.4, 0.5) is 0 Å². The highest BCUT2D eigenvalue weighted by Gasteiger charge is 2.13. The molecule has 0 aliphatic heterocycles. The summed E-state index contributed by atoms with van der Waals surface area (Å²) < 4.78 is 5.42. The molecule has 26 heavy (non-hydrogen) atoms. The number of pyridine rings is 1. The minimum absolute atomic E-state index is 0.0408. The van der Waals surface area contributed by atoms with Gasteiger partial charge >= 0.3 is 5.97 Å². The lowest BCUT2D eigenvalue weighted by Crippen LogP contribution is -2.29. The maximum atomic E-state index is 11.7. The fourth-order valence-electron chi connectivity index (χ4n) is 1.88. The van der Waals surface area contributed by atoms with E-state index in [-0.39, 0.29) is 18.9 Å². The smallest absolute Gasteiger partial charge is 0.322 e. The van der Waals surface area contributed by atoms with Crippen molar-refractivity contribution in [3.05, 3.63) is 53.3 Å². The molecule has 0 fully saturated rings. The van der Waals surface area contributed by atoms with Crippen LogP contribution in [0.1, 0.15) is 21.6 Å². The molecule has 8 heteroatoms. The van der Waals surface area contributed by atoms with E-state index in [0.29, 0.717) is 11.3 Å². The van der Waals surface area contributed by atoms with Gasteiger partial charge in [-0.15, -0.1) is 0 Å². The Labute approximate surface area is 149 Å². The maximum absolute atomic E-state index is 11.7. The van der Waals surface area contributed by atoms with E-state index in [1.54, 1.807) is 24.3 Å². The van der Waals surface area contributed by atoms with Crippen LogP contribution in [0.15, 0.2) is 36.5 Å². The summed E-state index contributed by atoms with van der Waals surface area (Å²) in [6.45, 7) is -0.515. The molecule has 0 unspecified atom stereocenters. The van der Waals surface area contributed by atoms with Crippen molar-refractivity contribution in [2.45, 2.75) is 6.61 Å². The second-order valence-electron chi connectivity index (χ2n) is 5.06. The molecule has 1 amide bonds. The van der Waals surface area contributed by atoms with Crippen LogP contribution in [0.25, 0.3) is 0 Å². The second kappa shape index (κ2) is 9.05. The van der Waals surface area contributed by atoms with E-state index in [1.165, 1.54) is 12.3 Å². The molecule has 0 bridgehead atoms. The zero-order valence-electron chi connectivity index (χ0n) is 13.6. The molecule has 2 rings (SSSR count). The third-order valence-corrected chi connectivity index (χ3v) is 3.13. The third-order valence-electron chi connectivity index (χ3n) is 3.13. The quantitative estimate of drug-likeness (QED) is 0.556. The van der Waals surface area contributed by atoms with Crippen molar-refractivity contribution in [3.63, 3.8) is 0 Å². The number of carboxylic acid groups (broad SMARTS) is 1. The van der Waals surface area contributed by atoms with E-state index in [1.807, 2.05) is 0 Å². The average Bonchev–Trinajstić information content (AvgIpc) is 2.64. The summed E-state index contributed by atoms with van der Waals surface area (Å²) in [7, 11) is 0. The summed E-state index contributed by atoms with van der Waals surface area (Å²) in [5.41, 5.74) is 0.867. The van der Waals surface area contributed by atoms with Crippen molar-refractivity contribution >= 4 is 11.9 Å². The molecule has 0 saturated carbocycles. The second-order valence-corrected chi connectivity index (χ2v) is 5.06.